The van der Waals surface area contributed by atoms with Crippen LogP contribution in [0.5, 0.6) is 0 Å². The minimum atomic E-state index is -2.01. The number of carbonyl (C=O) groups is 2. The number of amides is 2. The van der Waals surface area contributed by atoms with Gasteiger partial charge in [-0.15, -0.1) is 10.2 Å². The fraction of sp³-hybridized carbons (Fsp3) is 0.0882. The predicted molar refractivity (Wildman–Crippen MR) is 180 cm³/mol. The maximum atomic E-state index is 15.1. The smallest absolute Gasteiger partial charge is 0.297 e. The molecule has 8 nitrogen and oxygen atoms in total. The lowest BCUT2D eigenvalue weighted by molar-refractivity contribution is -0.121. The molecule has 1 atom stereocenters. The van der Waals surface area contributed by atoms with E-state index in [1.165, 1.54) is 27.6 Å². The maximum Gasteiger partial charge on any atom is 0.297 e. The fourth-order valence-electron chi connectivity index (χ4n) is 6.21. The molecule has 0 saturated heterocycles. The number of aromatic nitrogens is 2. The molecular formula is C34H19Cl2FN4O4S2. The number of benzene rings is 4. The third-order valence-electron chi connectivity index (χ3n) is 8.21. The van der Waals surface area contributed by atoms with Gasteiger partial charge in [-0.3, -0.25) is 19.3 Å². The van der Waals surface area contributed by atoms with Crippen LogP contribution in [0.4, 0.5) is 15.2 Å². The van der Waals surface area contributed by atoms with Crippen molar-refractivity contribution in [2.24, 2.45) is 0 Å². The minimum Gasteiger partial charge on any atom is -0.450 e. The summed E-state index contributed by atoms with van der Waals surface area (Å²) in [6, 6.07) is 24.9. The second-order valence-electron chi connectivity index (χ2n) is 10.9. The Hall–Kier alpha value is -4.55. The van der Waals surface area contributed by atoms with E-state index in [-0.39, 0.29) is 34.0 Å². The van der Waals surface area contributed by atoms with Crippen LogP contribution in [0.15, 0.2) is 105 Å². The van der Waals surface area contributed by atoms with Gasteiger partial charge in [0, 0.05) is 21.4 Å². The van der Waals surface area contributed by atoms with Crippen molar-refractivity contribution >= 4 is 79.9 Å². The number of hydrogen-bond acceptors (Lipinski definition) is 8. The maximum absolute atomic E-state index is 15.1. The number of fused-ring (bicyclic) bond motifs is 5. The average molecular weight is 702 g/mol. The molecule has 2 aliphatic rings. The van der Waals surface area contributed by atoms with Gasteiger partial charge in [-0.05, 0) is 53.6 Å². The van der Waals surface area contributed by atoms with Crippen LogP contribution in [0, 0.1) is 5.82 Å². The normalized spacial score (nSPS) is 16.8. The number of anilines is 2. The van der Waals surface area contributed by atoms with Crippen molar-refractivity contribution < 1.29 is 18.4 Å². The molecule has 2 aromatic heterocycles. The van der Waals surface area contributed by atoms with E-state index in [1.807, 2.05) is 24.3 Å². The van der Waals surface area contributed by atoms with E-state index in [4.69, 9.17) is 27.6 Å². The Bertz CT molecular complexity index is 2350. The van der Waals surface area contributed by atoms with Crippen LogP contribution >= 0.6 is 46.3 Å². The molecule has 0 saturated carbocycles. The number of rotatable bonds is 6. The van der Waals surface area contributed by atoms with Gasteiger partial charge < -0.3 is 9.32 Å². The van der Waals surface area contributed by atoms with Crippen LogP contribution in [-0.2, 0) is 22.6 Å². The number of thioether (sulfide) groups is 1. The molecule has 4 heterocycles. The lowest BCUT2D eigenvalue weighted by Gasteiger charge is -2.32. The molecular weight excluding hydrogens is 682 g/mol. The van der Waals surface area contributed by atoms with Crippen molar-refractivity contribution in [2.45, 2.75) is 22.2 Å². The molecule has 4 aromatic carbocycles. The zero-order valence-electron chi connectivity index (χ0n) is 23.9. The topological polar surface area (TPSA) is 96.6 Å². The highest BCUT2D eigenvalue weighted by molar-refractivity contribution is 8.00. The highest BCUT2D eigenvalue weighted by Crippen LogP contribution is 2.55. The average Bonchev–Trinajstić information content (AvgIpc) is 3.70. The Labute approximate surface area is 284 Å². The molecule has 0 aliphatic carbocycles. The monoisotopic (exact) mass is 700 g/mol. The Morgan fingerprint density at radius 1 is 0.915 bits per heavy atom. The van der Waals surface area contributed by atoms with E-state index in [1.54, 1.807) is 48.5 Å². The standard InChI is InChI=1S/C34H19Cl2FN4O4S2/c35-20-8-5-6-18(14-20)17-46-33-39-38-32(47-33)41-30(43)29-27(28(42)22-15-21(37)12-13-26(22)45-29)34(41)23-9-2-4-11-25(23)40(31(34)44)16-19-7-1-3-10-24(19)36/h1-15H,16-17H2. The fourth-order valence-corrected chi connectivity index (χ4v) is 8.46. The third-order valence-corrected chi connectivity index (χ3v) is 10.9. The predicted octanol–water partition coefficient (Wildman–Crippen LogP) is 7.83. The molecule has 2 aliphatic heterocycles. The summed E-state index contributed by atoms with van der Waals surface area (Å²) >= 11 is 15.2. The SMILES string of the molecule is O=C1c2oc3ccc(F)cc3c(=O)c2C2(C(=O)N(Cc3ccccc3Cl)c3ccccc32)N1c1nnc(SCc2cccc(Cl)c2)s1. The van der Waals surface area contributed by atoms with Crippen molar-refractivity contribution in [3.63, 3.8) is 0 Å². The number of halogens is 3. The Morgan fingerprint density at radius 2 is 1.72 bits per heavy atom. The van der Waals surface area contributed by atoms with Gasteiger partial charge in [0.05, 0.1) is 23.2 Å². The number of carbonyl (C=O) groups excluding carboxylic acids is 2. The van der Waals surface area contributed by atoms with Crippen LogP contribution in [0.25, 0.3) is 11.0 Å². The van der Waals surface area contributed by atoms with Crippen LogP contribution in [-0.4, -0.2) is 22.0 Å². The summed E-state index contributed by atoms with van der Waals surface area (Å²) in [5.74, 6) is -1.78. The van der Waals surface area contributed by atoms with Crippen molar-refractivity contribution in [3.05, 3.63) is 145 Å². The van der Waals surface area contributed by atoms with E-state index in [0.717, 1.165) is 29.0 Å². The van der Waals surface area contributed by atoms with Gasteiger partial charge in [0.1, 0.15) is 11.4 Å². The first kappa shape index (κ1) is 29.8. The van der Waals surface area contributed by atoms with E-state index in [0.29, 0.717) is 37.0 Å². The van der Waals surface area contributed by atoms with Crippen molar-refractivity contribution in [1.29, 1.82) is 0 Å². The molecule has 232 valence electrons. The molecule has 1 spiro atoms. The highest BCUT2D eigenvalue weighted by atomic mass is 35.5. The van der Waals surface area contributed by atoms with Crippen LogP contribution < -0.4 is 15.2 Å². The van der Waals surface area contributed by atoms with E-state index in [9.17, 15) is 14.0 Å². The summed E-state index contributed by atoms with van der Waals surface area (Å²) in [5, 5.41) is 9.73. The van der Waals surface area contributed by atoms with Gasteiger partial charge >= 0.3 is 0 Å². The molecule has 0 bridgehead atoms. The summed E-state index contributed by atoms with van der Waals surface area (Å²) in [5.41, 5.74) is -0.431. The molecule has 2 amide bonds. The van der Waals surface area contributed by atoms with Gasteiger partial charge in [-0.25, -0.2) is 4.39 Å². The second kappa shape index (κ2) is 11.3. The van der Waals surface area contributed by atoms with Crippen molar-refractivity contribution in [1.82, 2.24) is 10.2 Å². The summed E-state index contributed by atoms with van der Waals surface area (Å²) in [4.78, 5) is 46.6. The minimum absolute atomic E-state index is 0.0159. The largest absolute Gasteiger partial charge is 0.450 e. The molecule has 8 rings (SSSR count). The quantitative estimate of drug-likeness (QED) is 0.129. The van der Waals surface area contributed by atoms with Gasteiger partial charge in [0.2, 0.25) is 10.9 Å². The van der Waals surface area contributed by atoms with Gasteiger partial charge in [0.15, 0.2) is 15.3 Å². The molecule has 47 heavy (non-hydrogen) atoms. The van der Waals surface area contributed by atoms with Crippen molar-refractivity contribution in [3.8, 4) is 0 Å². The summed E-state index contributed by atoms with van der Waals surface area (Å²) in [7, 11) is 0. The molecule has 6 aromatic rings. The number of hydrogen-bond donors (Lipinski definition) is 0. The lowest BCUT2D eigenvalue weighted by Crippen LogP contribution is -2.53. The first-order chi connectivity index (χ1) is 22.8. The zero-order valence-corrected chi connectivity index (χ0v) is 27.1. The molecule has 13 heteroatoms. The summed E-state index contributed by atoms with van der Waals surface area (Å²) < 4.78 is 21.0. The third kappa shape index (κ3) is 4.60. The lowest BCUT2D eigenvalue weighted by atomic mass is 9.84. The van der Waals surface area contributed by atoms with Crippen LogP contribution in [0.2, 0.25) is 10.0 Å². The Kier molecular flexibility index (Phi) is 7.17. The van der Waals surface area contributed by atoms with Crippen LogP contribution in [0.3, 0.4) is 0 Å². The highest BCUT2D eigenvalue weighted by Gasteiger charge is 2.66. The van der Waals surface area contributed by atoms with E-state index < -0.39 is 28.6 Å². The van der Waals surface area contributed by atoms with Crippen LogP contribution in [0.1, 0.15) is 32.8 Å². The Morgan fingerprint density at radius 3 is 2.55 bits per heavy atom. The second-order valence-corrected chi connectivity index (χ2v) is 13.9. The Balaban J connectivity index is 1.33. The van der Waals surface area contributed by atoms with E-state index >= 15 is 4.79 Å². The summed E-state index contributed by atoms with van der Waals surface area (Å²) in [6.45, 7) is 0.0546. The van der Waals surface area contributed by atoms with Gasteiger partial charge in [-0.2, -0.15) is 0 Å². The first-order valence-corrected chi connectivity index (χ1v) is 16.8. The zero-order chi connectivity index (χ0) is 32.4. The number of para-hydroxylation sites is 1. The number of nitrogens with zero attached hydrogens (tertiary/aromatic N) is 4. The van der Waals surface area contributed by atoms with E-state index in [2.05, 4.69) is 10.2 Å². The van der Waals surface area contributed by atoms with Gasteiger partial charge in [-0.1, -0.05) is 94.8 Å². The first-order valence-electron chi connectivity index (χ1n) is 14.2. The van der Waals surface area contributed by atoms with Crippen molar-refractivity contribution in [2.75, 3.05) is 9.80 Å². The molecule has 0 fully saturated rings. The molecule has 0 N–H and O–H groups in total. The molecule has 0 radical (unpaired) electrons. The van der Waals surface area contributed by atoms with Gasteiger partial charge in [0.25, 0.3) is 11.8 Å². The summed E-state index contributed by atoms with van der Waals surface area (Å²) in [6.07, 6.45) is 0. The molecule has 1 unspecified atom stereocenters.